The molecule has 1 unspecified atom stereocenters. The quantitative estimate of drug-likeness (QED) is 0.640. The molecule has 6 heteroatoms. The number of carbonyl (C=O) groups is 1. The first-order valence-corrected chi connectivity index (χ1v) is 11.4. The number of amides is 1. The van der Waals surface area contributed by atoms with E-state index in [1.807, 2.05) is 42.5 Å². The van der Waals surface area contributed by atoms with Gasteiger partial charge in [0, 0.05) is 12.6 Å². The number of nitrogens with zero attached hydrogens (tertiary/aromatic N) is 1. The van der Waals surface area contributed by atoms with E-state index in [0.717, 1.165) is 16.3 Å². The highest BCUT2D eigenvalue weighted by Crippen LogP contribution is 2.27. The van der Waals surface area contributed by atoms with Crippen molar-refractivity contribution in [3.05, 3.63) is 82.9 Å². The lowest BCUT2D eigenvalue weighted by Gasteiger charge is -2.29. The number of hydrogen-bond acceptors (Lipinski definition) is 3. The van der Waals surface area contributed by atoms with E-state index in [4.69, 9.17) is 11.6 Å². The highest BCUT2D eigenvalue weighted by atomic mass is 35.5. The van der Waals surface area contributed by atoms with Crippen LogP contribution < -0.4 is 0 Å². The molecule has 0 radical (unpaired) electrons. The van der Waals surface area contributed by atoms with Crippen molar-refractivity contribution in [1.82, 2.24) is 4.90 Å². The summed E-state index contributed by atoms with van der Waals surface area (Å²) in [7, 11) is -3.13. The predicted molar refractivity (Wildman–Crippen MR) is 112 cm³/mol. The van der Waals surface area contributed by atoms with E-state index in [-0.39, 0.29) is 23.5 Å². The summed E-state index contributed by atoms with van der Waals surface area (Å²) in [4.78, 5) is 15.0. The maximum Gasteiger partial charge on any atom is 0.255 e. The van der Waals surface area contributed by atoms with E-state index in [0.29, 0.717) is 23.6 Å². The average molecular weight is 414 g/mol. The van der Waals surface area contributed by atoms with Crippen molar-refractivity contribution in [3.8, 4) is 0 Å². The average Bonchev–Trinajstić information content (AvgIpc) is 3.05. The van der Waals surface area contributed by atoms with E-state index in [9.17, 15) is 13.2 Å². The van der Waals surface area contributed by atoms with Gasteiger partial charge in [-0.15, -0.1) is 0 Å². The molecule has 1 fully saturated rings. The van der Waals surface area contributed by atoms with E-state index in [1.165, 1.54) is 0 Å². The van der Waals surface area contributed by atoms with Crippen LogP contribution in [0.15, 0.2) is 66.7 Å². The Hall–Kier alpha value is -2.37. The molecule has 3 aromatic rings. The highest BCUT2D eigenvalue weighted by Gasteiger charge is 2.35. The van der Waals surface area contributed by atoms with E-state index < -0.39 is 9.84 Å². The molecule has 1 atom stereocenters. The summed E-state index contributed by atoms with van der Waals surface area (Å²) >= 11 is 6.26. The molecule has 1 aliphatic rings. The van der Waals surface area contributed by atoms with Crippen LogP contribution in [0.1, 0.15) is 22.3 Å². The molecule has 1 saturated heterocycles. The molecule has 1 heterocycles. The second-order valence-electron chi connectivity index (χ2n) is 7.11. The number of carbonyl (C=O) groups excluding carboxylic acids is 1. The minimum absolute atomic E-state index is 0.00599. The van der Waals surface area contributed by atoms with Crippen LogP contribution in [0.25, 0.3) is 10.8 Å². The van der Waals surface area contributed by atoms with Gasteiger partial charge in [-0.25, -0.2) is 8.42 Å². The first-order valence-electron chi connectivity index (χ1n) is 9.17. The van der Waals surface area contributed by atoms with Gasteiger partial charge >= 0.3 is 0 Å². The Morgan fingerprint density at radius 1 is 1.00 bits per heavy atom. The zero-order valence-corrected chi connectivity index (χ0v) is 16.8. The fraction of sp³-hybridized carbons (Fsp3) is 0.227. The van der Waals surface area contributed by atoms with Gasteiger partial charge in [0.05, 0.1) is 22.1 Å². The van der Waals surface area contributed by atoms with Crippen molar-refractivity contribution < 1.29 is 13.2 Å². The van der Waals surface area contributed by atoms with Gasteiger partial charge in [-0.05, 0) is 34.9 Å². The molecule has 4 nitrogen and oxygen atoms in total. The number of halogens is 1. The summed E-state index contributed by atoms with van der Waals surface area (Å²) in [6, 6.07) is 20.5. The number of fused-ring (bicyclic) bond motifs is 1. The monoisotopic (exact) mass is 413 g/mol. The first-order chi connectivity index (χ1) is 13.4. The molecule has 0 N–H and O–H groups in total. The van der Waals surface area contributed by atoms with Gasteiger partial charge in [-0.1, -0.05) is 66.2 Å². The van der Waals surface area contributed by atoms with Crippen LogP contribution in [-0.2, 0) is 16.4 Å². The van der Waals surface area contributed by atoms with Crippen molar-refractivity contribution >= 4 is 38.1 Å². The number of rotatable bonds is 4. The zero-order chi connectivity index (χ0) is 19.7. The first kappa shape index (κ1) is 19.0. The SMILES string of the molecule is O=C(c1ccccc1Cl)N(Cc1cccc2ccccc12)C1CCS(=O)(=O)C1. The van der Waals surface area contributed by atoms with Crippen molar-refractivity contribution in [2.45, 2.75) is 19.0 Å². The minimum atomic E-state index is -3.13. The number of sulfone groups is 1. The van der Waals surface area contributed by atoms with Crippen LogP contribution in [0.5, 0.6) is 0 Å². The van der Waals surface area contributed by atoms with Gasteiger partial charge in [-0.2, -0.15) is 0 Å². The van der Waals surface area contributed by atoms with Crippen LogP contribution >= 0.6 is 11.6 Å². The van der Waals surface area contributed by atoms with Crippen LogP contribution in [0.2, 0.25) is 5.02 Å². The smallest absolute Gasteiger partial charge is 0.255 e. The van der Waals surface area contributed by atoms with Crippen molar-refractivity contribution in [2.24, 2.45) is 0 Å². The summed E-state index contributed by atoms with van der Waals surface area (Å²) in [6.07, 6.45) is 0.448. The van der Waals surface area contributed by atoms with Crippen molar-refractivity contribution in [2.75, 3.05) is 11.5 Å². The van der Waals surface area contributed by atoms with Crippen LogP contribution in [0.3, 0.4) is 0 Å². The second-order valence-corrected chi connectivity index (χ2v) is 9.74. The second kappa shape index (κ2) is 7.57. The Morgan fingerprint density at radius 3 is 2.46 bits per heavy atom. The molecule has 4 rings (SSSR count). The van der Waals surface area contributed by atoms with Crippen molar-refractivity contribution in [3.63, 3.8) is 0 Å². The standard InChI is InChI=1S/C22H20ClNO3S/c23-21-11-4-3-10-20(21)22(25)24(18-12-13-28(26,27)15-18)14-17-8-5-7-16-6-1-2-9-19(16)17/h1-11,18H,12-15H2. The lowest BCUT2D eigenvalue weighted by Crippen LogP contribution is -2.40. The minimum Gasteiger partial charge on any atom is -0.330 e. The topological polar surface area (TPSA) is 54.5 Å². The van der Waals surface area contributed by atoms with Gasteiger partial charge in [0.1, 0.15) is 0 Å². The fourth-order valence-corrected chi connectivity index (χ4v) is 5.74. The van der Waals surface area contributed by atoms with Crippen LogP contribution in [0.4, 0.5) is 0 Å². The number of benzene rings is 3. The van der Waals surface area contributed by atoms with E-state index >= 15 is 0 Å². The molecular formula is C22H20ClNO3S. The maximum absolute atomic E-state index is 13.4. The molecule has 1 amide bonds. The van der Waals surface area contributed by atoms with E-state index in [1.54, 1.807) is 29.2 Å². The molecule has 3 aromatic carbocycles. The van der Waals surface area contributed by atoms with Gasteiger partial charge in [-0.3, -0.25) is 4.79 Å². The van der Waals surface area contributed by atoms with Gasteiger partial charge < -0.3 is 4.90 Å². The summed E-state index contributed by atoms with van der Waals surface area (Å²) in [6.45, 7) is 0.339. The third-order valence-electron chi connectivity index (χ3n) is 5.23. The molecule has 28 heavy (non-hydrogen) atoms. The van der Waals surface area contributed by atoms with Gasteiger partial charge in [0.15, 0.2) is 9.84 Å². The maximum atomic E-state index is 13.4. The molecule has 0 bridgehead atoms. The Kier molecular flexibility index (Phi) is 5.13. The Balaban J connectivity index is 1.75. The summed E-state index contributed by atoms with van der Waals surface area (Å²) in [5, 5.41) is 2.52. The predicted octanol–water partition coefficient (Wildman–Crippen LogP) is 4.32. The Morgan fingerprint density at radius 2 is 1.71 bits per heavy atom. The zero-order valence-electron chi connectivity index (χ0n) is 15.2. The Bertz CT molecular complexity index is 1140. The summed E-state index contributed by atoms with van der Waals surface area (Å²) in [5.74, 6) is -0.131. The van der Waals surface area contributed by atoms with Gasteiger partial charge in [0.2, 0.25) is 0 Å². The van der Waals surface area contributed by atoms with E-state index in [2.05, 4.69) is 0 Å². The fourth-order valence-electron chi connectivity index (χ4n) is 3.79. The Labute approximate surface area is 169 Å². The third kappa shape index (κ3) is 3.77. The molecule has 0 aromatic heterocycles. The molecule has 1 aliphatic heterocycles. The lowest BCUT2D eigenvalue weighted by molar-refractivity contribution is 0.0682. The molecule has 0 aliphatic carbocycles. The summed E-state index contributed by atoms with van der Waals surface area (Å²) in [5.41, 5.74) is 1.39. The molecule has 0 spiro atoms. The van der Waals surface area contributed by atoms with Crippen LogP contribution in [0, 0.1) is 0 Å². The largest absolute Gasteiger partial charge is 0.330 e. The number of hydrogen-bond donors (Lipinski definition) is 0. The normalized spacial score (nSPS) is 18.2. The summed E-state index contributed by atoms with van der Waals surface area (Å²) < 4.78 is 24.1. The van der Waals surface area contributed by atoms with Crippen LogP contribution in [-0.4, -0.2) is 36.8 Å². The molecule has 0 saturated carbocycles. The van der Waals surface area contributed by atoms with Crippen molar-refractivity contribution in [1.29, 1.82) is 0 Å². The molecular weight excluding hydrogens is 394 g/mol. The lowest BCUT2D eigenvalue weighted by atomic mass is 10.0. The third-order valence-corrected chi connectivity index (χ3v) is 7.31. The van der Waals surface area contributed by atoms with Gasteiger partial charge in [0.25, 0.3) is 5.91 Å². The highest BCUT2D eigenvalue weighted by molar-refractivity contribution is 7.91. The molecule has 144 valence electrons.